The second kappa shape index (κ2) is 4.43. The molecule has 0 bridgehead atoms. The summed E-state index contributed by atoms with van der Waals surface area (Å²) in [6.45, 7) is 2.18. The number of rotatable bonds is 2. The van der Waals surface area contributed by atoms with Crippen LogP contribution in [0.25, 0.3) is 0 Å². The van der Waals surface area contributed by atoms with Crippen LogP contribution in [0, 0.1) is 0 Å². The van der Waals surface area contributed by atoms with E-state index in [1.165, 1.54) is 18.4 Å². The first-order valence-electron chi connectivity index (χ1n) is 6.73. The Hall–Kier alpha value is -0.860. The predicted octanol–water partition coefficient (Wildman–Crippen LogP) is 3.82. The molecular weight excluding hydrogens is 212 g/mol. The molecule has 0 N–H and O–H groups in total. The Morgan fingerprint density at radius 3 is 2.47 bits per heavy atom. The molecule has 1 aromatic carbocycles. The molecule has 2 atom stereocenters. The van der Waals surface area contributed by atoms with Gasteiger partial charge in [-0.15, -0.1) is 0 Å². The molecule has 17 heavy (non-hydrogen) atoms. The molecule has 1 aliphatic carbocycles. The first-order valence-corrected chi connectivity index (χ1v) is 6.73. The molecule has 1 heterocycles. The van der Waals surface area contributed by atoms with Gasteiger partial charge in [-0.05, 0) is 24.8 Å². The molecule has 2 heteroatoms. The van der Waals surface area contributed by atoms with Crippen molar-refractivity contribution in [2.24, 2.45) is 0 Å². The van der Waals surface area contributed by atoms with Crippen molar-refractivity contribution >= 4 is 0 Å². The monoisotopic (exact) mass is 232 g/mol. The largest absolute Gasteiger partial charge is 0.344 e. The topological polar surface area (TPSA) is 18.5 Å². The van der Waals surface area contributed by atoms with Crippen LogP contribution in [0.5, 0.6) is 0 Å². The first kappa shape index (κ1) is 11.2. The molecule has 2 nitrogen and oxygen atoms in total. The van der Waals surface area contributed by atoms with Gasteiger partial charge in [-0.3, -0.25) is 0 Å². The second-order valence-corrected chi connectivity index (χ2v) is 5.13. The Kier molecular flexibility index (Phi) is 2.93. The van der Waals surface area contributed by atoms with Gasteiger partial charge < -0.3 is 9.47 Å². The van der Waals surface area contributed by atoms with Gasteiger partial charge in [0.25, 0.3) is 0 Å². The summed E-state index contributed by atoms with van der Waals surface area (Å²) < 4.78 is 12.5. The lowest BCUT2D eigenvalue weighted by molar-refractivity contribution is -0.170. The molecule has 2 unspecified atom stereocenters. The maximum absolute atomic E-state index is 6.28. The molecule has 92 valence electrons. The summed E-state index contributed by atoms with van der Waals surface area (Å²) in [5.74, 6) is -0.263. The summed E-state index contributed by atoms with van der Waals surface area (Å²) in [5, 5.41) is 0. The lowest BCUT2D eigenvalue weighted by Gasteiger charge is -2.21. The van der Waals surface area contributed by atoms with Gasteiger partial charge in [0.15, 0.2) is 5.79 Å². The van der Waals surface area contributed by atoms with Gasteiger partial charge in [-0.1, -0.05) is 37.3 Å². The van der Waals surface area contributed by atoms with Crippen molar-refractivity contribution in [1.82, 2.24) is 0 Å². The van der Waals surface area contributed by atoms with Crippen molar-refractivity contribution < 1.29 is 9.47 Å². The Morgan fingerprint density at radius 1 is 1.12 bits per heavy atom. The van der Waals surface area contributed by atoms with E-state index in [1.807, 2.05) is 6.07 Å². The standard InChI is InChI=1S/C15H20O2/c1-2-13-14(12-8-4-3-5-9-12)17-15(16-13)10-6-7-11-15/h3-5,8-9,13-14H,2,6-7,10-11H2,1H3. The molecule has 1 saturated carbocycles. The zero-order chi connectivity index (χ0) is 11.7. The van der Waals surface area contributed by atoms with Crippen LogP contribution in [0.4, 0.5) is 0 Å². The molecule has 1 aromatic rings. The molecule has 1 saturated heterocycles. The minimum absolute atomic E-state index is 0.124. The minimum Gasteiger partial charge on any atom is -0.344 e. The molecule has 0 aromatic heterocycles. The van der Waals surface area contributed by atoms with Crippen molar-refractivity contribution in [3.05, 3.63) is 35.9 Å². The summed E-state index contributed by atoms with van der Waals surface area (Å²) in [5.41, 5.74) is 1.25. The lowest BCUT2D eigenvalue weighted by atomic mass is 10.0. The van der Waals surface area contributed by atoms with E-state index in [0.29, 0.717) is 0 Å². The number of hydrogen-bond acceptors (Lipinski definition) is 2. The van der Waals surface area contributed by atoms with Crippen LogP contribution >= 0.6 is 0 Å². The highest BCUT2D eigenvalue weighted by molar-refractivity contribution is 5.20. The van der Waals surface area contributed by atoms with E-state index in [-0.39, 0.29) is 18.0 Å². The molecule has 3 rings (SSSR count). The maximum Gasteiger partial charge on any atom is 0.169 e. The third-order valence-corrected chi connectivity index (χ3v) is 3.94. The van der Waals surface area contributed by atoms with E-state index in [2.05, 4.69) is 31.2 Å². The van der Waals surface area contributed by atoms with Crippen molar-refractivity contribution in [3.63, 3.8) is 0 Å². The van der Waals surface area contributed by atoms with E-state index >= 15 is 0 Å². The normalized spacial score (nSPS) is 31.1. The fourth-order valence-electron chi connectivity index (χ4n) is 3.04. The predicted molar refractivity (Wildman–Crippen MR) is 66.6 cm³/mol. The van der Waals surface area contributed by atoms with Crippen molar-refractivity contribution in [2.75, 3.05) is 0 Å². The van der Waals surface area contributed by atoms with Crippen LogP contribution in [0.2, 0.25) is 0 Å². The van der Waals surface area contributed by atoms with Gasteiger partial charge >= 0.3 is 0 Å². The van der Waals surface area contributed by atoms with Crippen molar-refractivity contribution in [2.45, 2.75) is 57.0 Å². The maximum atomic E-state index is 6.28. The number of ether oxygens (including phenoxy) is 2. The van der Waals surface area contributed by atoms with Crippen LogP contribution in [0.15, 0.2) is 30.3 Å². The van der Waals surface area contributed by atoms with Gasteiger partial charge in [-0.2, -0.15) is 0 Å². The Morgan fingerprint density at radius 2 is 1.82 bits per heavy atom. The third-order valence-electron chi connectivity index (χ3n) is 3.94. The van der Waals surface area contributed by atoms with Crippen LogP contribution in [-0.2, 0) is 9.47 Å². The van der Waals surface area contributed by atoms with E-state index in [9.17, 15) is 0 Å². The highest BCUT2D eigenvalue weighted by Crippen LogP contribution is 2.47. The van der Waals surface area contributed by atoms with Crippen LogP contribution in [-0.4, -0.2) is 11.9 Å². The first-order chi connectivity index (χ1) is 8.33. The van der Waals surface area contributed by atoms with Crippen LogP contribution < -0.4 is 0 Å². The highest BCUT2D eigenvalue weighted by Gasteiger charge is 2.48. The minimum atomic E-state index is -0.263. The zero-order valence-electron chi connectivity index (χ0n) is 10.4. The van der Waals surface area contributed by atoms with Crippen LogP contribution in [0.3, 0.4) is 0 Å². The number of benzene rings is 1. The Labute approximate surface area is 103 Å². The number of hydrogen-bond donors (Lipinski definition) is 0. The van der Waals surface area contributed by atoms with E-state index in [0.717, 1.165) is 19.3 Å². The average Bonchev–Trinajstić information content (AvgIpc) is 2.98. The molecule has 0 radical (unpaired) electrons. The van der Waals surface area contributed by atoms with Gasteiger partial charge in [0, 0.05) is 12.8 Å². The fraction of sp³-hybridized carbons (Fsp3) is 0.600. The SMILES string of the molecule is CCC1OC2(CCCC2)OC1c1ccccc1. The summed E-state index contributed by atoms with van der Waals surface area (Å²) in [4.78, 5) is 0. The summed E-state index contributed by atoms with van der Waals surface area (Å²) in [6, 6.07) is 10.5. The molecular formula is C15H20O2. The zero-order valence-corrected chi connectivity index (χ0v) is 10.4. The summed E-state index contributed by atoms with van der Waals surface area (Å²) in [7, 11) is 0. The fourth-order valence-corrected chi connectivity index (χ4v) is 3.04. The van der Waals surface area contributed by atoms with Crippen molar-refractivity contribution in [1.29, 1.82) is 0 Å². The molecule has 2 aliphatic rings. The summed E-state index contributed by atoms with van der Waals surface area (Å²) >= 11 is 0. The summed E-state index contributed by atoms with van der Waals surface area (Å²) in [6.07, 6.45) is 5.95. The van der Waals surface area contributed by atoms with Gasteiger partial charge in [-0.25, -0.2) is 0 Å². The Bertz CT molecular complexity index is 368. The highest BCUT2D eigenvalue weighted by atomic mass is 16.8. The van der Waals surface area contributed by atoms with Gasteiger partial charge in [0.1, 0.15) is 6.10 Å². The Balaban J connectivity index is 1.84. The van der Waals surface area contributed by atoms with Crippen LogP contribution in [0.1, 0.15) is 50.7 Å². The van der Waals surface area contributed by atoms with Crippen molar-refractivity contribution in [3.8, 4) is 0 Å². The van der Waals surface area contributed by atoms with E-state index < -0.39 is 0 Å². The second-order valence-electron chi connectivity index (χ2n) is 5.13. The molecule has 1 spiro atoms. The molecule has 2 fully saturated rings. The van der Waals surface area contributed by atoms with Gasteiger partial charge in [0.05, 0.1) is 6.10 Å². The quantitative estimate of drug-likeness (QED) is 0.771. The molecule has 0 amide bonds. The van der Waals surface area contributed by atoms with E-state index in [4.69, 9.17) is 9.47 Å². The molecule has 1 aliphatic heterocycles. The van der Waals surface area contributed by atoms with E-state index in [1.54, 1.807) is 0 Å². The van der Waals surface area contributed by atoms with Gasteiger partial charge in [0.2, 0.25) is 0 Å². The lowest BCUT2D eigenvalue weighted by Crippen LogP contribution is -2.26. The smallest absolute Gasteiger partial charge is 0.169 e. The average molecular weight is 232 g/mol. The third kappa shape index (κ3) is 2.00.